The molecule has 0 spiro atoms. The lowest BCUT2D eigenvalue weighted by Crippen LogP contribution is -2.41. The molecule has 1 aliphatic rings. The molecule has 1 saturated heterocycles. The highest BCUT2D eigenvalue weighted by molar-refractivity contribution is 6.89. The molecule has 0 aliphatic carbocycles. The summed E-state index contributed by atoms with van der Waals surface area (Å²) in [5.41, 5.74) is -0.00104. The molecule has 0 amide bonds. The van der Waals surface area contributed by atoms with Gasteiger partial charge in [0.2, 0.25) is 0 Å². The van der Waals surface area contributed by atoms with Crippen LogP contribution in [0.4, 0.5) is 0 Å². The number of ether oxygens (including phenoxy) is 1. The van der Waals surface area contributed by atoms with Gasteiger partial charge < -0.3 is 14.0 Å². The van der Waals surface area contributed by atoms with Gasteiger partial charge in [0.1, 0.15) is 0 Å². The maximum atomic E-state index is 12.1. The second kappa shape index (κ2) is 8.33. The molecular formula is C21H33BO4Si. The zero-order valence-electron chi connectivity index (χ0n) is 17.8. The van der Waals surface area contributed by atoms with Crippen molar-refractivity contribution in [3.05, 3.63) is 41.9 Å². The summed E-state index contributed by atoms with van der Waals surface area (Å²) in [7, 11) is -2.15. The molecule has 1 aliphatic heterocycles. The molecule has 0 radical (unpaired) electrons. The zero-order valence-corrected chi connectivity index (χ0v) is 18.8. The number of carbonyl (C=O) groups is 1. The molecule has 0 bridgehead atoms. The Labute approximate surface area is 165 Å². The maximum Gasteiger partial charge on any atom is 0.490 e. The van der Waals surface area contributed by atoms with E-state index in [-0.39, 0.29) is 5.97 Å². The van der Waals surface area contributed by atoms with Crippen LogP contribution >= 0.6 is 0 Å². The number of carbonyl (C=O) groups excluding carboxylic acids is 1. The summed E-state index contributed by atoms with van der Waals surface area (Å²) in [6.45, 7) is 15.0. The van der Waals surface area contributed by atoms with E-state index in [0.29, 0.717) is 6.61 Å². The molecule has 148 valence electrons. The van der Waals surface area contributed by atoms with Crippen LogP contribution in [0.5, 0.6) is 0 Å². The van der Waals surface area contributed by atoms with E-state index in [1.165, 1.54) is 5.19 Å². The van der Waals surface area contributed by atoms with Crippen molar-refractivity contribution in [1.82, 2.24) is 0 Å². The van der Waals surface area contributed by atoms with E-state index < -0.39 is 26.4 Å². The van der Waals surface area contributed by atoms with Crippen LogP contribution in [-0.4, -0.2) is 39.0 Å². The van der Waals surface area contributed by atoms with E-state index in [2.05, 4.69) is 37.4 Å². The van der Waals surface area contributed by atoms with Gasteiger partial charge in [-0.05, 0) is 46.5 Å². The van der Waals surface area contributed by atoms with Crippen molar-refractivity contribution in [2.75, 3.05) is 6.61 Å². The van der Waals surface area contributed by atoms with Crippen LogP contribution in [0.3, 0.4) is 0 Å². The Bertz CT molecular complexity index is 667. The largest absolute Gasteiger partial charge is 0.490 e. The lowest BCUT2D eigenvalue weighted by atomic mass is 9.76. The van der Waals surface area contributed by atoms with E-state index in [4.69, 9.17) is 14.0 Å². The topological polar surface area (TPSA) is 44.8 Å². The van der Waals surface area contributed by atoms with Crippen molar-refractivity contribution in [2.24, 2.45) is 0 Å². The molecule has 1 fully saturated rings. The fourth-order valence-electron chi connectivity index (χ4n) is 3.08. The summed E-state index contributed by atoms with van der Waals surface area (Å²) in [4.78, 5) is 12.1. The van der Waals surface area contributed by atoms with Gasteiger partial charge in [-0.25, -0.2) is 4.79 Å². The molecule has 1 aromatic carbocycles. The van der Waals surface area contributed by atoms with Crippen LogP contribution in [0.15, 0.2) is 41.9 Å². The van der Waals surface area contributed by atoms with Crippen molar-refractivity contribution in [3.8, 4) is 0 Å². The first kappa shape index (κ1) is 21.9. The summed E-state index contributed by atoms with van der Waals surface area (Å²) in [5.74, 6) is -0.332. The molecule has 2 rings (SSSR count). The minimum Gasteiger partial charge on any atom is -0.463 e. The SMILES string of the molecule is CCOC(=O)/C=C(/CC[Si](C)(C)c1ccccc1)B1OC(C)(C)C(C)(C)O1. The van der Waals surface area contributed by atoms with Crippen LogP contribution in [-0.2, 0) is 18.8 Å². The second-order valence-electron chi connectivity index (χ2n) is 8.81. The first-order valence-electron chi connectivity index (χ1n) is 9.77. The summed E-state index contributed by atoms with van der Waals surface area (Å²) in [6.07, 6.45) is 2.32. The molecule has 1 heterocycles. The Kier molecular flexibility index (Phi) is 6.77. The smallest absolute Gasteiger partial charge is 0.463 e. The molecule has 0 aromatic heterocycles. The van der Waals surface area contributed by atoms with Gasteiger partial charge in [-0.15, -0.1) is 0 Å². The average Bonchev–Trinajstić information content (AvgIpc) is 2.80. The van der Waals surface area contributed by atoms with Gasteiger partial charge in [-0.3, -0.25) is 0 Å². The van der Waals surface area contributed by atoms with E-state index in [9.17, 15) is 4.79 Å². The Balaban J connectivity index is 2.20. The molecule has 0 N–H and O–H groups in total. The third-order valence-electron chi connectivity index (χ3n) is 5.74. The standard InChI is InChI=1S/C21H33BO4Si/c1-8-24-19(23)16-17(22-25-20(2,3)21(4,5)26-22)14-15-27(6,7)18-12-10-9-11-13-18/h9-13,16H,8,14-15H2,1-7H3/b17-16-. The molecular weight excluding hydrogens is 355 g/mol. The molecule has 0 saturated carbocycles. The lowest BCUT2D eigenvalue weighted by molar-refractivity contribution is -0.137. The summed E-state index contributed by atoms with van der Waals surface area (Å²) in [6, 6.07) is 11.6. The summed E-state index contributed by atoms with van der Waals surface area (Å²) >= 11 is 0. The minimum absolute atomic E-state index is 0.332. The number of hydrogen-bond acceptors (Lipinski definition) is 4. The highest BCUT2D eigenvalue weighted by atomic mass is 28.3. The number of rotatable bonds is 7. The minimum atomic E-state index is -1.64. The highest BCUT2D eigenvalue weighted by Gasteiger charge is 2.52. The third-order valence-corrected chi connectivity index (χ3v) is 9.14. The van der Waals surface area contributed by atoms with Crippen molar-refractivity contribution in [2.45, 2.75) is 71.4 Å². The van der Waals surface area contributed by atoms with E-state index in [1.54, 1.807) is 6.08 Å². The van der Waals surface area contributed by atoms with Crippen LogP contribution in [0.1, 0.15) is 41.0 Å². The first-order valence-corrected chi connectivity index (χ1v) is 13.0. The lowest BCUT2D eigenvalue weighted by Gasteiger charge is -2.32. The maximum absolute atomic E-state index is 12.1. The normalized spacial score (nSPS) is 19.2. The Morgan fingerprint density at radius 1 is 1.11 bits per heavy atom. The third kappa shape index (κ3) is 5.33. The number of allylic oxidation sites excluding steroid dienone is 1. The number of hydrogen-bond donors (Lipinski definition) is 0. The summed E-state index contributed by atoms with van der Waals surface area (Å²) < 4.78 is 17.5. The molecule has 1 aromatic rings. The van der Waals surface area contributed by atoms with Crippen LogP contribution in [0.25, 0.3) is 0 Å². The zero-order chi connectivity index (χ0) is 20.3. The summed E-state index contributed by atoms with van der Waals surface area (Å²) in [5, 5.41) is 1.41. The second-order valence-corrected chi connectivity index (χ2v) is 13.7. The van der Waals surface area contributed by atoms with Crippen molar-refractivity contribution in [1.29, 1.82) is 0 Å². The van der Waals surface area contributed by atoms with Gasteiger partial charge >= 0.3 is 13.1 Å². The number of benzene rings is 1. The first-order chi connectivity index (χ1) is 12.5. The Morgan fingerprint density at radius 3 is 2.19 bits per heavy atom. The van der Waals surface area contributed by atoms with Crippen LogP contribution < -0.4 is 5.19 Å². The highest BCUT2D eigenvalue weighted by Crippen LogP contribution is 2.39. The van der Waals surface area contributed by atoms with Gasteiger partial charge in [-0.1, -0.05) is 54.7 Å². The van der Waals surface area contributed by atoms with Crippen LogP contribution in [0.2, 0.25) is 19.1 Å². The molecule has 0 unspecified atom stereocenters. The predicted molar refractivity (Wildman–Crippen MR) is 114 cm³/mol. The van der Waals surface area contributed by atoms with Crippen molar-refractivity contribution >= 4 is 26.3 Å². The molecule has 0 atom stereocenters. The molecule has 6 heteroatoms. The van der Waals surface area contributed by atoms with Crippen molar-refractivity contribution < 1.29 is 18.8 Å². The predicted octanol–water partition coefficient (Wildman–Crippen LogP) is 4.11. The van der Waals surface area contributed by atoms with Crippen molar-refractivity contribution in [3.63, 3.8) is 0 Å². The van der Waals surface area contributed by atoms with Gasteiger partial charge in [-0.2, -0.15) is 0 Å². The average molecular weight is 388 g/mol. The van der Waals surface area contributed by atoms with E-state index >= 15 is 0 Å². The van der Waals surface area contributed by atoms with E-state index in [1.807, 2.05) is 40.7 Å². The fraction of sp³-hybridized carbons (Fsp3) is 0.571. The van der Waals surface area contributed by atoms with E-state index in [0.717, 1.165) is 17.9 Å². The van der Waals surface area contributed by atoms with Gasteiger partial charge in [0, 0.05) is 6.08 Å². The van der Waals surface area contributed by atoms with Gasteiger partial charge in [0.25, 0.3) is 0 Å². The van der Waals surface area contributed by atoms with Crippen LogP contribution in [0, 0.1) is 0 Å². The Hall–Kier alpha value is -1.37. The quantitative estimate of drug-likeness (QED) is 0.401. The van der Waals surface area contributed by atoms with Gasteiger partial charge in [0.05, 0.1) is 25.9 Å². The number of esters is 1. The molecule has 4 nitrogen and oxygen atoms in total. The van der Waals surface area contributed by atoms with Gasteiger partial charge in [0.15, 0.2) is 0 Å². The fourth-order valence-corrected chi connectivity index (χ4v) is 5.38. The molecule has 27 heavy (non-hydrogen) atoms. The monoisotopic (exact) mass is 388 g/mol. The Morgan fingerprint density at radius 2 is 1.67 bits per heavy atom.